The van der Waals surface area contributed by atoms with E-state index in [-0.39, 0.29) is 31.1 Å². The number of hydrogen-bond donors (Lipinski definition) is 0. The summed E-state index contributed by atoms with van der Waals surface area (Å²) >= 11 is 3.32. The number of nitrogens with zero attached hydrogens (tertiary/aromatic N) is 1. The van der Waals surface area contributed by atoms with Crippen LogP contribution in [0, 0.1) is 6.92 Å². The van der Waals surface area contributed by atoms with E-state index >= 15 is 0 Å². The summed E-state index contributed by atoms with van der Waals surface area (Å²) in [6, 6.07) is 8.59. The molecule has 0 spiro atoms. The summed E-state index contributed by atoms with van der Waals surface area (Å²) in [5.74, 6) is 0.188. The monoisotopic (exact) mass is 421 g/mol. The number of ketones is 1. The molecule has 0 aliphatic rings. The van der Waals surface area contributed by atoms with Crippen molar-refractivity contribution in [1.29, 1.82) is 0 Å². The summed E-state index contributed by atoms with van der Waals surface area (Å²) in [6.07, 6.45) is 0.240. The molecular weight excluding hydrogens is 402 g/mol. The predicted octanol–water partition coefficient (Wildman–Crippen LogP) is 3.76. The molecule has 1 amide bonds. The van der Waals surface area contributed by atoms with E-state index in [2.05, 4.69) is 20.7 Å². The number of aryl methyl sites for hydroxylation is 1. The topological polar surface area (TPSA) is 76.8 Å². The van der Waals surface area contributed by atoms with Crippen molar-refractivity contribution in [2.45, 2.75) is 26.3 Å². The number of Topliss-reactive ketones (excluding diaryl/α,β-unsaturated/α-hetero) is 1. The molecule has 0 fully saturated rings. The number of rotatable bonds is 7. The van der Waals surface area contributed by atoms with Gasteiger partial charge in [0.2, 0.25) is 5.91 Å². The normalized spacial score (nSPS) is 10.5. The van der Waals surface area contributed by atoms with Crippen LogP contribution in [-0.2, 0) is 16.1 Å². The van der Waals surface area contributed by atoms with E-state index in [0.29, 0.717) is 22.6 Å². The quantitative estimate of drug-likeness (QED) is 0.502. The van der Waals surface area contributed by atoms with Crippen molar-refractivity contribution in [3.05, 3.63) is 57.5 Å². The van der Waals surface area contributed by atoms with Crippen LogP contribution < -0.4 is 0 Å². The Morgan fingerprint density at radius 3 is 2.42 bits per heavy atom. The summed E-state index contributed by atoms with van der Waals surface area (Å²) in [5.41, 5.74) is 0.918. The molecule has 1 aromatic heterocycles. The number of furan rings is 1. The Hall–Kier alpha value is -2.41. The van der Waals surface area contributed by atoms with Gasteiger partial charge in [-0.05, 0) is 25.1 Å². The first kappa shape index (κ1) is 19.9. The summed E-state index contributed by atoms with van der Waals surface area (Å²) in [7, 11) is 2.93. The van der Waals surface area contributed by atoms with Crippen LogP contribution in [0.5, 0.6) is 0 Å². The van der Waals surface area contributed by atoms with E-state index in [4.69, 9.17) is 4.42 Å². The third-order valence-corrected chi connectivity index (χ3v) is 4.45. The first-order valence-corrected chi connectivity index (χ1v) is 8.81. The van der Waals surface area contributed by atoms with Gasteiger partial charge in [-0.15, -0.1) is 0 Å². The van der Waals surface area contributed by atoms with E-state index in [0.717, 1.165) is 4.47 Å². The minimum absolute atomic E-state index is 0.0823. The number of halogens is 1. The molecule has 0 saturated heterocycles. The third-order valence-electron chi connectivity index (χ3n) is 3.93. The number of hydrogen-bond acceptors (Lipinski definition) is 5. The molecule has 0 N–H and O–H groups in total. The first-order chi connectivity index (χ1) is 12.3. The molecular formula is C19H20BrNO5. The molecule has 0 atom stereocenters. The van der Waals surface area contributed by atoms with E-state index in [9.17, 15) is 14.4 Å². The zero-order valence-electron chi connectivity index (χ0n) is 14.9. The standard InChI is InChI=1S/C19H20BrNO5/c1-12-16(19(24)25-3)10-15(26-12)11-21(2)18(23)9-8-17(22)13-4-6-14(20)7-5-13/h4-7,10H,8-9,11H2,1-3H3. The molecule has 1 heterocycles. The zero-order chi connectivity index (χ0) is 19.3. The lowest BCUT2D eigenvalue weighted by Crippen LogP contribution is -2.26. The van der Waals surface area contributed by atoms with Crippen LogP contribution in [0.4, 0.5) is 0 Å². The highest BCUT2D eigenvalue weighted by atomic mass is 79.9. The average Bonchev–Trinajstić information content (AvgIpc) is 2.99. The van der Waals surface area contributed by atoms with Crippen molar-refractivity contribution in [1.82, 2.24) is 4.90 Å². The van der Waals surface area contributed by atoms with Gasteiger partial charge in [0.15, 0.2) is 5.78 Å². The van der Waals surface area contributed by atoms with Crippen molar-refractivity contribution < 1.29 is 23.5 Å². The van der Waals surface area contributed by atoms with Gasteiger partial charge < -0.3 is 14.1 Å². The smallest absolute Gasteiger partial charge is 0.341 e. The van der Waals surface area contributed by atoms with Crippen LogP contribution >= 0.6 is 15.9 Å². The van der Waals surface area contributed by atoms with E-state index < -0.39 is 5.97 Å². The molecule has 6 nitrogen and oxygen atoms in total. The molecule has 26 heavy (non-hydrogen) atoms. The SMILES string of the molecule is COC(=O)c1cc(CN(C)C(=O)CCC(=O)c2ccc(Br)cc2)oc1C. The van der Waals surface area contributed by atoms with Crippen LogP contribution in [-0.4, -0.2) is 36.7 Å². The fraction of sp³-hybridized carbons (Fsp3) is 0.316. The minimum Gasteiger partial charge on any atom is -0.465 e. The largest absolute Gasteiger partial charge is 0.465 e. The van der Waals surface area contributed by atoms with Crippen LogP contribution in [0.25, 0.3) is 0 Å². The van der Waals surface area contributed by atoms with Crippen LogP contribution in [0.3, 0.4) is 0 Å². The average molecular weight is 422 g/mol. The van der Waals surface area contributed by atoms with Crippen molar-refractivity contribution in [2.24, 2.45) is 0 Å². The molecule has 2 aromatic rings. The maximum atomic E-state index is 12.3. The first-order valence-electron chi connectivity index (χ1n) is 8.02. The van der Waals surface area contributed by atoms with Gasteiger partial charge in [0.25, 0.3) is 0 Å². The van der Waals surface area contributed by atoms with Crippen LogP contribution in [0.2, 0.25) is 0 Å². The Labute approximate surface area is 160 Å². The summed E-state index contributed by atoms with van der Waals surface area (Å²) < 4.78 is 11.1. The van der Waals surface area contributed by atoms with Crippen molar-refractivity contribution in [3.8, 4) is 0 Å². The van der Waals surface area contributed by atoms with Crippen LogP contribution in [0.15, 0.2) is 39.2 Å². The second-order valence-corrected chi connectivity index (χ2v) is 6.77. The Balaban J connectivity index is 1.90. The number of carbonyl (C=O) groups excluding carboxylic acids is 3. The number of benzene rings is 1. The fourth-order valence-corrected chi connectivity index (χ4v) is 2.71. The molecule has 0 aliphatic carbocycles. The highest BCUT2D eigenvalue weighted by Gasteiger charge is 2.18. The number of ether oxygens (including phenoxy) is 1. The summed E-state index contributed by atoms with van der Waals surface area (Å²) in [6.45, 7) is 1.87. The van der Waals surface area contributed by atoms with E-state index in [1.54, 1.807) is 44.3 Å². The fourth-order valence-electron chi connectivity index (χ4n) is 2.45. The van der Waals surface area contributed by atoms with Gasteiger partial charge in [0, 0.05) is 29.9 Å². The summed E-state index contributed by atoms with van der Waals surface area (Å²) in [5, 5.41) is 0. The van der Waals surface area contributed by atoms with Gasteiger partial charge in [-0.3, -0.25) is 9.59 Å². The van der Waals surface area contributed by atoms with Crippen molar-refractivity contribution in [3.63, 3.8) is 0 Å². The van der Waals surface area contributed by atoms with Gasteiger partial charge in [0.1, 0.15) is 17.1 Å². The Bertz CT molecular complexity index is 810. The number of amides is 1. The maximum absolute atomic E-state index is 12.3. The van der Waals surface area contributed by atoms with Crippen molar-refractivity contribution >= 4 is 33.6 Å². The molecule has 7 heteroatoms. The van der Waals surface area contributed by atoms with Gasteiger partial charge in [-0.1, -0.05) is 28.1 Å². The molecule has 0 unspecified atom stereocenters. The Kier molecular flexibility index (Phi) is 6.74. The zero-order valence-corrected chi connectivity index (χ0v) is 16.5. The highest BCUT2D eigenvalue weighted by molar-refractivity contribution is 9.10. The lowest BCUT2D eigenvalue weighted by molar-refractivity contribution is -0.130. The van der Waals surface area contributed by atoms with Gasteiger partial charge >= 0.3 is 5.97 Å². The molecule has 1 aromatic carbocycles. The molecule has 138 valence electrons. The second kappa shape index (κ2) is 8.80. The third kappa shape index (κ3) is 5.05. The van der Waals surface area contributed by atoms with E-state index in [1.165, 1.54) is 12.0 Å². The van der Waals surface area contributed by atoms with Gasteiger partial charge in [-0.25, -0.2) is 4.79 Å². The second-order valence-electron chi connectivity index (χ2n) is 5.85. The predicted molar refractivity (Wildman–Crippen MR) is 99.0 cm³/mol. The van der Waals surface area contributed by atoms with Crippen LogP contribution in [0.1, 0.15) is 45.1 Å². The number of esters is 1. The number of methoxy groups -OCH3 is 1. The lowest BCUT2D eigenvalue weighted by atomic mass is 10.1. The molecule has 0 saturated carbocycles. The maximum Gasteiger partial charge on any atom is 0.341 e. The molecule has 2 rings (SSSR count). The van der Waals surface area contributed by atoms with Gasteiger partial charge in [0.05, 0.1) is 13.7 Å². The highest BCUT2D eigenvalue weighted by Crippen LogP contribution is 2.18. The Morgan fingerprint density at radius 1 is 1.15 bits per heavy atom. The molecule has 0 radical (unpaired) electrons. The molecule has 0 bridgehead atoms. The minimum atomic E-state index is -0.480. The Morgan fingerprint density at radius 2 is 1.81 bits per heavy atom. The van der Waals surface area contributed by atoms with Crippen molar-refractivity contribution in [2.75, 3.05) is 14.2 Å². The summed E-state index contributed by atoms with van der Waals surface area (Å²) in [4.78, 5) is 37.5. The van der Waals surface area contributed by atoms with Gasteiger partial charge in [-0.2, -0.15) is 0 Å². The lowest BCUT2D eigenvalue weighted by Gasteiger charge is -2.15. The number of carbonyl (C=O) groups is 3. The van der Waals surface area contributed by atoms with E-state index in [1.807, 2.05) is 0 Å². The molecule has 0 aliphatic heterocycles.